The van der Waals surface area contributed by atoms with Crippen molar-refractivity contribution >= 4 is 28.4 Å². The number of carbonyl (C=O) groups is 1. The van der Waals surface area contributed by atoms with Crippen molar-refractivity contribution in [1.82, 2.24) is 0 Å². The molecule has 1 unspecified atom stereocenters. The van der Waals surface area contributed by atoms with Crippen LogP contribution in [0.3, 0.4) is 0 Å². The van der Waals surface area contributed by atoms with E-state index in [1.165, 1.54) is 0 Å². The fourth-order valence-corrected chi connectivity index (χ4v) is 1.16. The van der Waals surface area contributed by atoms with Crippen molar-refractivity contribution in [3.63, 3.8) is 0 Å². The highest BCUT2D eigenvalue weighted by Crippen LogP contribution is 2.06. The van der Waals surface area contributed by atoms with Crippen molar-refractivity contribution in [2.45, 2.75) is 20.3 Å². The van der Waals surface area contributed by atoms with E-state index in [2.05, 4.69) is 10.5 Å². The first-order valence-electron chi connectivity index (χ1n) is 5.84. The maximum atomic E-state index is 11.5. The number of hydrogen-bond acceptors (Lipinski definition) is 4. The molecule has 0 aliphatic heterocycles. The van der Waals surface area contributed by atoms with Gasteiger partial charge in [0.1, 0.15) is 0 Å². The van der Waals surface area contributed by atoms with E-state index in [-0.39, 0.29) is 5.17 Å². The van der Waals surface area contributed by atoms with Gasteiger partial charge in [0, 0.05) is 0 Å². The Balaban J connectivity index is 2.43. The highest BCUT2D eigenvalue weighted by Gasteiger charge is 2.11. The second kappa shape index (κ2) is 7.71. The summed E-state index contributed by atoms with van der Waals surface area (Å²) < 4.78 is 5.00. The minimum Gasteiger partial charge on any atom is -0.460 e. The predicted molar refractivity (Wildman–Crippen MR) is 73.8 cm³/mol. The smallest absolute Gasteiger partial charge is 0.370 e. The Morgan fingerprint density at radius 3 is 2.72 bits per heavy atom. The largest absolute Gasteiger partial charge is 0.460 e. The van der Waals surface area contributed by atoms with Crippen LogP contribution in [-0.4, -0.2) is 17.7 Å². The van der Waals surface area contributed by atoms with Crippen molar-refractivity contribution < 1.29 is 9.53 Å². The summed E-state index contributed by atoms with van der Waals surface area (Å²) in [7, 11) is 0. The first kappa shape index (κ1) is 14.5. The van der Waals surface area contributed by atoms with Crippen LogP contribution in [0.2, 0.25) is 0 Å². The minimum atomic E-state index is -0.611. The van der Waals surface area contributed by atoms with E-state index >= 15 is 0 Å². The van der Waals surface area contributed by atoms with E-state index in [0.29, 0.717) is 12.5 Å². The van der Waals surface area contributed by atoms with Gasteiger partial charge in [-0.25, -0.2) is 4.79 Å². The molecule has 0 spiro atoms. The molecule has 0 amide bonds. The third-order valence-corrected chi connectivity index (χ3v) is 2.66. The Kier molecular flexibility index (Phi) is 6.22. The number of rotatable bonds is 6. The Hall–Kier alpha value is -1.55. The maximum Gasteiger partial charge on any atom is 0.370 e. The zero-order valence-electron chi connectivity index (χ0n) is 10.5. The molecule has 98 valence electrons. The summed E-state index contributed by atoms with van der Waals surface area (Å²) in [6.45, 7) is 4.39. The summed E-state index contributed by atoms with van der Waals surface area (Å²) in [4.78, 5) is 11.5. The molecule has 0 aromatic heterocycles. The van der Waals surface area contributed by atoms with Gasteiger partial charge >= 0.3 is 5.97 Å². The summed E-state index contributed by atoms with van der Waals surface area (Å²) in [5.41, 5.74) is 3.44. The van der Waals surface area contributed by atoms with Gasteiger partial charge in [-0.2, -0.15) is 5.10 Å². The molecule has 4 nitrogen and oxygen atoms in total. The molecule has 0 saturated carbocycles. The van der Waals surface area contributed by atoms with Gasteiger partial charge in [0.15, 0.2) is 0 Å². The average molecular weight is 269 g/mol. The molecule has 0 saturated heterocycles. The second-order valence-corrected chi connectivity index (χ2v) is 4.35. The lowest BCUT2D eigenvalue weighted by Crippen LogP contribution is -2.17. The molecule has 1 atom stereocenters. The number of para-hydroxylation sites is 1. The number of halogens is 1. The maximum absolute atomic E-state index is 11.5. The number of benzene rings is 1. The highest BCUT2D eigenvalue weighted by molar-refractivity contribution is 6.82. The zero-order valence-corrected chi connectivity index (χ0v) is 11.3. The molecule has 0 radical (unpaired) electrons. The van der Waals surface area contributed by atoms with Crippen LogP contribution < -0.4 is 5.43 Å². The fourth-order valence-electron chi connectivity index (χ4n) is 1.07. The summed E-state index contributed by atoms with van der Waals surface area (Å²) in [5.74, 6) is -0.291. The van der Waals surface area contributed by atoms with E-state index in [0.717, 1.165) is 12.1 Å². The van der Waals surface area contributed by atoms with Crippen molar-refractivity contribution in [2.75, 3.05) is 12.0 Å². The van der Waals surface area contributed by atoms with Crippen molar-refractivity contribution in [2.24, 2.45) is 11.0 Å². The van der Waals surface area contributed by atoms with E-state index < -0.39 is 5.97 Å². The Morgan fingerprint density at radius 1 is 1.44 bits per heavy atom. The highest BCUT2D eigenvalue weighted by atomic mass is 35.5. The molecule has 5 heteroatoms. The monoisotopic (exact) mass is 268 g/mol. The van der Waals surface area contributed by atoms with Gasteiger partial charge in [0.25, 0.3) is 0 Å². The van der Waals surface area contributed by atoms with Crippen LogP contribution in [0, 0.1) is 5.92 Å². The average Bonchev–Trinajstić information content (AvgIpc) is 2.42. The van der Waals surface area contributed by atoms with Gasteiger partial charge < -0.3 is 4.74 Å². The van der Waals surface area contributed by atoms with Crippen LogP contribution in [-0.2, 0) is 9.53 Å². The van der Waals surface area contributed by atoms with Crippen molar-refractivity contribution in [3.8, 4) is 0 Å². The topological polar surface area (TPSA) is 50.7 Å². The Bertz CT molecular complexity index is 407. The first-order chi connectivity index (χ1) is 8.63. The lowest BCUT2D eigenvalue weighted by Gasteiger charge is -2.08. The molecule has 0 fully saturated rings. The molecular weight excluding hydrogens is 252 g/mol. The van der Waals surface area contributed by atoms with Gasteiger partial charge in [0.2, 0.25) is 5.17 Å². The van der Waals surface area contributed by atoms with E-state index in [9.17, 15) is 4.79 Å². The van der Waals surface area contributed by atoms with Crippen LogP contribution in [0.4, 0.5) is 5.69 Å². The van der Waals surface area contributed by atoms with Gasteiger partial charge in [-0.3, -0.25) is 5.43 Å². The number of nitrogens with one attached hydrogen (secondary N) is 1. The third kappa shape index (κ3) is 5.19. The molecular formula is C13H17ClN2O2. The predicted octanol–water partition coefficient (Wildman–Crippen LogP) is 3.24. The molecule has 0 bridgehead atoms. The summed E-state index contributed by atoms with van der Waals surface area (Å²) in [6, 6.07) is 9.23. The van der Waals surface area contributed by atoms with Gasteiger partial charge in [-0.05, 0) is 18.1 Å². The van der Waals surface area contributed by atoms with Crippen LogP contribution in [0.1, 0.15) is 20.3 Å². The summed E-state index contributed by atoms with van der Waals surface area (Å²) >= 11 is 5.72. The van der Waals surface area contributed by atoms with Gasteiger partial charge in [0.05, 0.1) is 12.3 Å². The lowest BCUT2D eigenvalue weighted by atomic mass is 10.1. The van der Waals surface area contributed by atoms with Gasteiger partial charge in [-0.15, -0.1) is 0 Å². The number of ether oxygens (including phenoxy) is 1. The van der Waals surface area contributed by atoms with Gasteiger partial charge in [-0.1, -0.05) is 50.1 Å². The quantitative estimate of drug-likeness (QED) is 0.489. The second-order valence-electron chi connectivity index (χ2n) is 3.99. The molecule has 1 rings (SSSR count). The summed E-state index contributed by atoms with van der Waals surface area (Å²) in [5, 5.41) is 3.55. The Labute approximate surface area is 112 Å². The number of hydrazone groups is 1. The SMILES string of the molecule is CCC(C)COC(=O)/C(Cl)=N\Nc1ccccc1. The Morgan fingerprint density at radius 2 is 2.11 bits per heavy atom. The van der Waals surface area contributed by atoms with Crippen molar-refractivity contribution in [3.05, 3.63) is 30.3 Å². The van der Waals surface area contributed by atoms with E-state index in [1.807, 2.05) is 44.2 Å². The number of anilines is 1. The number of esters is 1. The molecule has 1 aromatic rings. The fraction of sp³-hybridized carbons (Fsp3) is 0.385. The van der Waals surface area contributed by atoms with Crippen LogP contribution in [0.15, 0.2) is 35.4 Å². The standard InChI is InChI=1S/C13H17ClN2O2/c1-3-10(2)9-18-13(17)12(14)16-15-11-7-5-4-6-8-11/h4-8,10,15H,3,9H2,1-2H3/b16-12+. The van der Waals surface area contributed by atoms with Crippen LogP contribution in [0.25, 0.3) is 0 Å². The van der Waals surface area contributed by atoms with Crippen molar-refractivity contribution in [1.29, 1.82) is 0 Å². The number of nitrogens with zero attached hydrogens (tertiary/aromatic N) is 1. The molecule has 0 aliphatic rings. The summed E-state index contributed by atoms with van der Waals surface area (Å²) in [6.07, 6.45) is 0.949. The molecule has 0 heterocycles. The normalized spacial score (nSPS) is 12.9. The number of carbonyl (C=O) groups excluding carboxylic acids is 1. The van der Waals surface area contributed by atoms with Crippen LogP contribution in [0.5, 0.6) is 0 Å². The first-order valence-corrected chi connectivity index (χ1v) is 6.22. The van der Waals surface area contributed by atoms with E-state index in [4.69, 9.17) is 16.3 Å². The molecule has 1 N–H and O–H groups in total. The lowest BCUT2D eigenvalue weighted by molar-refractivity contribution is -0.136. The third-order valence-electron chi connectivity index (χ3n) is 2.42. The molecule has 18 heavy (non-hydrogen) atoms. The minimum absolute atomic E-state index is 0.206. The molecule has 0 aliphatic carbocycles. The molecule has 1 aromatic carbocycles. The number of hydrogen-bond donors (Lipinski definition) is 1. The zero-order chi connectivity index (χ0) is 13.4. The van der Waals surface area contributed by atoms with E-state index in [1.54, 1.807) is 0 Å². The van der Waals surface area contributed by atoms with Crippen LogP contribution >= 0.6 is 11.6 Å².